The van der Waals surface area contributed by atoms with E-state index in [4.69, 9.17) is 4.74 Å². The minimum Gasteiger partial charge on any atom is -0.496 e. The van der Waals surface area contributed by atoms with Crippen molar-refractivity contribution in [2.45, 2.75) is 4.90 Å². The van der Waals surface area contributed by atoms with E-state index in [1.807, 2.05) is 12.1 Å². The summed E-state index contributed by atoms with van der Waals surface area (Å²) in [4.78, 5) is 12.4. The molecule has 154 valence electrons. The van der Waals surface area contributed by atoms with Crippen LogP contribution in [0, 0.1) is 0 Å². The minimum absolute atomic E-state index is 0.157. The normalized spacial score (nSPS) is 11.3. The van der Waals surface area contributed by atoms with Gasteiger partial charge in [0.1, 0.15) is 5.75 Å². The molecule has 0 saturated heterocycles. The van der Waals surface area contributed by atoms with E-state index in [1.165, 1.54) is 42.6 Å². The van der Waals surface area contributed by atoms with E-state index in [1.54, 1.807) is 31.4 Å². The van der Waals surface area contributed by atoms with Gasteiger partial charge >= 0.3 is 0 Å². The Morgan fingerprint density at radius 2 is 1.73 bits per heavy atom. The van der Waals surface area contributed by atoms with Crippen molar-refractivity contribution in [3.63, 3.8) is 0 Å². The average molecular weight is 488 g/mol. The molecule has 9 heteroatoms. The third kappa shape index (κ3) is 5.46. The molecule has 7 nitrogen and oxygen atoms in total. The highest BCUT2D eigenvalue weighted by atomic mass is 79.9. The zero-order valence-electron chi connectivity index (χ0n) is 15.9. The Kier molecular flexibility index (Phi) is 6.86. The molecule has 1 amide bonds. The molecule has 0 aliphatic rings. The summed E-state index contributed by atoms with van der Waals surface area (Å²) in [6.07, 6.45) is 1.48. The number of anilines is 1. The highest BCUT2D eigenvalue weighted by Gasteiger charge is 2.13. The fraction of sp³-hybridized carbons (Fsp3) is 0.0476. The number of hydrogen-bond acceptors (Lipinski definition) is 5. The molecule has 3 aromatic rings. The van der Waals surface area contributed by atoms with E-state index < -0.39 is 15.9 Å². The van der Waals surface area contributed by atoms with Crippen LogP contribution in [0.5, 0.6) is 5.75 Å². The van der Waals surface area contributed by atoms with Crippen molar-refractivity contribution in [3.05, 3.63) is 88.4 Å². The molecule has 0 saturated carbocycles. The Morgan fingerprint density at radius 3 is 2.40 bits per heavy atom. The minimum atomic E-state index is -3.69. The maximum absolute atomic E-state index is 12.3. The number of methoxy groups -OCH3 is 1. The largest absolute Gasteiger partial charge is 0.496 e. The molecule has 0 unspecified atom stereocenters. The fourth-order valence-electron chi connectivity index (χ4n) is 2.53. The van der Waals surface area contributed by atoms with E-state index in [9.17, 15) is 13.2 Å². The van der Waals surface area contributed by atoms with Crippen molar-refractivity contribution >= 4 is 43.8 Å². The first-order chi connectivity index (χ1) is 14.4. The van der Waals surface area contributed by atoms with Crippen LogP contribution in [0.2, 0.25) is 0 Å². The van der Waals surface area contributed by atoms with E-state index >= 15 is 0 Å². The summed E-state index contributed by atoms with van der Waals surface area (Å²) in [5, 5.41) is 3.95. The van der Waals surface area contributed by atoms with Gasteiger partial charge < -0.3 is 4.74 Å². The van der Waals surface area contributed by atoms with Gasteiger partial charge in [0, 0.05) is 21.3 Å². The van der Waals surface area contributed by atoms with E-state index in [0.717, 1.165) is 4.47 Å². The summed E-state index contributed by atoms with van der Waals surface area (Å²) in [5.41, 5.74) is 3.80. The van der Waals surface area contributed by atoms with Gasteiger partial charge in [0.2, 0.25) is 0 Å². The second kappa shape index (κ2) is 9.55. The predicted molar refractivity (Wildman–Crippen MR) is 119 cm³/mol. The van der Waals surface area contributed by atoms with Gasteiger partial charge in [-0.25, -0.2) is 13.8 Å². The van der Waals surface area contributed by atoms with Crippen molar-refractivity contribution in [2.75, 3.05) is 11.8 Å². The summed E-state index contributed by atoms with van der Waals surface area (Å²) < 4.78 is 33.3. The van der Waals surface area contributed by atoms with Gasteiger partial charge in [0.05, 0.1) is 18.2 Å². The van der Waals surface area contributed by atoms with Crippen molar-refractivity contribution in [1.82, 2.24) is 5.43 Å². The maximum atomic E-state index is 12.3. The van der Waals surface area contributed by atoms with Crippen molar-refractivity contribution in [3.8, 4) is 5.75 Å². The van der Waals surface area contributed by atoms with Crippen LogP contribution >= 0.6 is 15.9 Å². The number of carbonyl (C=O) groups excluding carboxylic acids is 1. The van der Waals surface area contributed by atoms with Gasteiger partial charge in [-0.05, 0) is 54.6 Å². The van der Waals surface area contributed by atoms with Crippen LogP contribution in [0.4, 0.5) is 5.69 Å². The molecule has 3 rings (SSSR count). The number of carbonyl (C=O) groups is 1. The van der Waals surface area contributed by atoms with Crippen LogP contribution in [0.3, 0.4) is 0 Å². The van der Waals surface area contributed by atoms with Crippen LogP contribution in [0.1, 0.15) is 15.9 Å². The number of benzene rings is 3. The molecule has 0 aliphatic carbocycles. The smallest absolute Gasteiger partial charge is 0.271 e. The van der Waals surface area contributed by atoms with Gasteiger partial charge in [0.25, 0.3) is 15.9 Å². The van der Waals surface area contributed by atoms with Crippen LogP contribution in [0.25, 0.3) is 0 Å². The number of ether oxygens (including phenoxy) is 1. The van der Waals surface area contributed by atoms with Gasteiger partial charge in [-0.2, -0.15) is 5.10 Å². The number of nitrogens with one attached hydrogen (secondary N) is 2. The molecule has 2 N–H and O–H groups in total. The first-order valence-corrected chi connectivity index (χ1v) is 11.0. The molecular formula is C21H18BrN3O4S. The zero-order chi connectivity index (χ0) is 21.6. The predicted octanol–water partition coefficient (Wildman–Crippen LogP) is 4.02. The third-order valence-corrected chi connectivity index (χ3v) is 5.90. The Hall–Kier alpha value is -3.17. The number of hydrazone groups is 1. The van der Waals surface area contributed by atoms with E-state index in [2.05, 4.69) is 31.2 Å². The Bertz CT molecular complexity index is 1160. The number of hydrogen-bond donors (Lipinski definition) is 2. The lowest BCUT2D eigenvalue weighted by Gasteiger charge is -2.08. The molecule has 0 atom stereocenters. The number of sulfonamides is 1. The highest BCUT2D eigenvalue weighted by Crippen LogP contribution is 2.21. The quantitative estimate of drug-likeness (QED) is 0.388. The lowest BCUT2D eigenvalue weighted by molar-refractivity contribution is 0.0955. The summed E-state index contributed by atoms with van der Waals surface area (Å²) in [6, 6.07) is 19.5. The molecule has 0 aromatic heterocycles. The lowest BCUT2D eigenvalue weighted by atomic mass is 10.2. The van der Waals surface area contributed by atoms with Crippen molar-refractivity contribution in [2.24, 2.45) is 5.10 Å². The highest BCUT2D eigenvalue weighted by molar-refractivity contribution is 9.10. The topological polar surface area (TPSA) is 96.9 Å². The number of nitrogens with zero attached hydrogens (tertiary/aromatic N) is 1. The molecule has 0 aliphatic heterocycles. The van der Waals surface area contributed by atoms with Gasteiger partial charge in [0.15, 0.2) is 0 Å². The van der Waals surface area contributed by atoms with Gasteiger partial charge in [-0.15, -0.1) is 0 Å². The Morgan fingerprint density at radius 1 is 1.03 bits per heavy atom. The second-order valence-corrected chi connectivity index (χ2v) is 8.68. The maximum Gasteiger partial charge on any atom is 0.271 e. The molecule has 0 spiro atoms. The monoisotopic (exact) mass is 487 g/mol. The third-order valence-electron chi connectivity index (χ3n) is 4.01. The summed E-state index contributed by atoms with van der Waals surface area (Å²) in [6.45, 7) is 0. The lowest BCUT2D eigenvalue weighted by Crippen LogP contribution is -2.18. The van der Waals surface area contributed by atoms with E-state index in [-0.39, 0.29) is 4.90 Å². The van der Waals surface area contributed by atoms with Crippen LogP contribution in [0.15, 0.2) is 87.3 Å². The Balaban J connectivity index is 1.65. The van der Waals surface area contributed by atoms with Crippen LogP contribution in [-0.2, 0) is 10.0 Å². The SMILES string of the molecule is COc1ccc(Br)cc1C=NNC(=O)c1ccc(NS(=O)(=O)c2ccccc2)cc1. The van der Waals surface area contributed by atoms with Crippen molar-refractivity contribution < 1.29 is 17.9 Å². The average Bonchev–Trinajstić information content (AvgIpc) is 2.75. The molecule has 0 radical (unpaired) electrons. The molecule has 30 heavy (non-hydrogen) atoms. The second-order valence-electron chi connectivity index (χ2n) is 6.08. The number of halogens is 1. The summed E-state index contributed by atoms with van der Waals surface area (Å²) in [5.74, 6) is 0.184. The molecule has 0 heterocycles. The molecule has 3 aromatic carbocycles. The zero-order valence-corrected chi connectivity index (χ0v) is 18.3. The van der Waals surface area contributed by atoms with Crippen LogP contribution < -0.4 is 14.9 Å². The fourth-order valence-corrected chi connectivity index (χ4v) is 3.99. The molecular weight excluding hydrogens is 470 g/mol. The summed E-state index contributed by atoms with van der Waals surface area (Å²) >= 11 is 3.37. The molecule has 0 bridgehead atoms. The summed E-state index contributed by atoms with van der Waals surface area (Å²) in [7, 11) is -2.14. The van der Waals surface area contributed by atoms with Gasteiger partial charge in [-0.3, -0.25) is 9.52 Å². The van der Waals surface area contributed by atoms with Crippen molar-refractivity contribution in [1.29, 1.82) is 0 Å². The standard InChI is InChI=1S/C21H18BrN3O4S/c1-29-20-12-9-17(22)13-16(20)14-23-24-21(26)15-7-10-18(11-8-15)25-30(27,28)19-5-3-2-4-6-19/h2-14,25H,1H3,(H,24,26). The van der Waals surface area contributed by atoms with E-state index in [0.29, 0.717) is 22.6 Å². The first kappa shape index (κ1) is 21.5. The number of amides is 1. The molecule has 0 fully saturated rings. The first-order valence-electron chi connectivity index (χ1n) is 8.74. The number of rotatable bonds is 7. The van der Waals surface area contributed by atoms with Crippen LogP contribution in [-0.4, -0.2) is 27.6 Å². The van der Waals surface area contributed by atoms with Gasteiger partial charge in [-0.1, -0.05) is 34.1 Å². The Labute approximate surface area is 183 Å².